The van der Waals surface area contributed by atoms with E-state index in [0.29, 0.717) is 12.2 Å². The van der Waals surface area contributed by atoms with Crippen molar-refractivity contribution in [1.29, 1.82) is 0 Å². The summed E-state index contributed by atoms with van der Waals surface area (Å²) in [7, 11) is 0. The third kappa shape index (κ3) is 2.87. The molecule has 0 N–H and O–H groups in total. The number of nitrogens with zero attached hydrogens (tertiary/aromatic N) is 4. The largest absolute Gasteiger partial charge is 0.464 e. The Morgan fingerprint density at radius 2 is 1.73 bits per heavy atom. The maximum atomic E-state index is 13.2. The van der Waals surface area contributed by atoms with Crippen LogP contribution in [0.25, 0.3) is 5.69 Å². The van der Waals surface area contributed by atoms with Gasteiger partial charge in [0, 0.05) is 17.3 Å². The number of ether oxygens (including phenoxy) is 1. The third-order valence-electron chi connectivity index (χ3n) is 5.47. The summed E-state index contributed by atoms with van der Waals surface area (Å²) in [5, 5.41) is 7.58. The molecule has 1 aliphatic carbocycles. The molecular weight excluding hydrogens is 332 g/mol. The van der Waals surface area contributed by atoms with E-state index in [2.05, 4.69) is 10.2 Å². The molecule has 3 heterocycles. The summed E-state index contributed by atoms with van der Waals surface area (Å²) in [6.07, 6.45) is 7.12. The SMILES string of the molecule is CCOC(=O)[C@@H]1C2CCC(CC2)N1C(=O)c1ccc(-n2cnnc2)cc1. The molecule has 5 rings (SSSR count). The number of hydrogen-bond donors (Lipinski definition) is 0. The van der Waals surface area contributed by atoms with Crippen LogP contribution in [-0.4, -0.2) is 50.2 Å². The number of hydrogen-bond acceptors (Lipinski definition) is 5. The van der Waals surface area contributed by atoms with E-state index in [-0.39, 0.29) is 23.8 Å². The molecule has 0 radical (unpaired) electrons. The predicted molar refractivity (Wildman–Crippen MR) is 93.7 cm³/mol. The lowest BCUT2D eigenvalue weighted by atomic mass is 9.74. The third-order valence-corrected chi connectivity index (χ3v) is 5.47. The molecule has 136 valence electrons. The van der Waals surface area contributed by atoms with Crippen molar-refractivity contribution in [1.82, 2.24) is 19.7 Å². The van der Waals surface area contributed by atoms with E-state index in [0.717, 1.165) is 31.4 Å². The first-order valence-electron chi connectivity index (χ1n) is 9.13. The van der Waals surface area contributed by atoms with Gasteiger partial charge in [0.05, 0.1) is 6.61 Å². The number of piperidine rings is 2. The summed E-state index contributed by atoms with van der Waals surface area (Å²) in [5.41, 5.74) is 1.47. The molecule has 2 aliphatic heterocycles. The zero-order valence-corrected chi connectivity index (χ0v) is 14.7. The highest BCUT2D eigenvalue weighted by atomic mass is 16.5. The van der Waals surface area contributed by atoms with Crippen LogP contribution in [0.15, 0.2) is 36.9 Å². The van der Waals surface area contributed by atoms with Crippen molar-refractivity contribution in [2.24, 2.45) is 5.92 Å². The van der Waals surface area contributed by atoms with E-state index in [1.54, 1.807) is 41.2 Å². The molecule has 1 aromatic carbocycles. The van der Waals surface area contributed by atoms with Crippen molar-refractivity contribution >= 4 is 11.9 Å². The van der Waals surface area contributed by atoms with Crippen LogP contribution in [0.5, 0.6) is 0 Å². The van der Waals surface area contributed by atoms with E-state index >= 15 is 0 Å². The predicted octanol–water partition coefficient (Wildman–Crippen LogP) is 2.21. The Bertz CT molecular complexity index is 780. The van der Waals surface area contributed by atoms with Crippen molar-refractivity contribution < 1.29 is 14.3 Å². The fourth-order valence-corrected chi connectivity index (χ4v) is 4.23. The van der Waals surface area contributed by atoms with Crippen molar-refractivity contribution in [3.8, 4) is 5.69 Å². The second-order valence-corrected chi connectivity index (χ2v) is 6.89. The van der Waals surface area contributed by atoms with E-state index in [9.17, 15) is 9.59 Å². The van der Waals surface area contributed by atoms with Gasteiger partial charge in [0.25, 0.3) is 5.91 Å². The maximum Gasteiger partial charge on any atom is 0.329 e. The van der Waals surface area contributed by atoms with Crippen LogP contribution in [-0.2, 0) is 9.53 Å². The summed E-state index contributed by atoms with van der Waals surface area (Å²) in [6.45, 7) is 2.14. The Hall–Kier alpha value is -2.70. The molecule has 3 fully saturated rings. The highest BCUT2D eigenvalue weighted by molar-refractivity contribution is 5.97. The topological polar surface area (TPSA) is 77.3 Å². The molecule has 3 aliphatic rings. The monoisotopic (exact) mass is 354 g/mol. The van der Waals surface area contributed by atoms with Crippen molar-refractivity contribution in [2.75, 3.05) is 6.61 Å². The highest BCUT2D eigenvalue weighted by Crippen LogP contribution is 2.40. The minimum absolute atomic E-state index is 0.0900. The van der Waals surface area contributed by atoms with Gasteiger partial charge in [0.15, 0.2) is 0 Å². The Labute approximate surface area is 152 Å². The zero-order valence-electron chi connectivity index (χ0n) is 14.7. The lowest BCUT2D eigenvalue weighted by Gasteiger charge is -2.50. The number of benzene rings is 1. The molecule has 1 amide bonds. The Morgan fingerprint density at radius 3 is 2.35 bits per heavy atom. The van der Waals surface area contributed by atoms with Crippen LogP contribution in [0.1, 0.15) is 43.0 Å². The first-order valence-corrected chi connectivity index (χ1v) is 9.13. The zero-order chi connectivity index (χ0) is 18.1. The number of carbonyl (C=O) groups excluding carboxylic acids is 2. The second-order valence-electron chi connectivity index (χ2n) is 6.89. The van der Waals surface area contributed by atoms with Crippen LogP contribution >= 0.6 is 0 Å². The van der Waals surface area contributed by atoms with Gasteiger partial charge < -0.3 is 9.64 Å². The van der Waals surface area contributed by atoms with Crippen LogP contribution in [0.3, 0.4) is 0 Å². The average molecular weight is 354 g/mol. The number of esters is 1. The number of rotatable bonds is 4. The van der Waals surface area contributed by atoms with Gasteiger partial charge in [0.2, 0.25) is 0 Å². The molecule has 7 nitrogen and oxygen atoms in total. The summed E-state index contributed by atoms with van der Waals surface area (Å²) in [5.74, 6) is -0.150. The molecule has 2 saturated heterocycles. The Kier molecular flexibility index (Phi) is 4.44. The first-order chi connectivity index (χ1) is 12.7. The van der Waals surface area contributed by atoms with Crippen LogP contribution < -0.4 is 0 Å². The van der Waals surface area contributed by atoms with Crippen LogP contribution in [0.4, 0.5) is 0 Å². The lowest BCUT2D eigenvalue weighted by Crippen LogP contribution is -2.60. The van der Waals surface area contributed by atoms with Gasteiger partial charge in [-0.1, -0.05) is 0 Å². The molecule has 1 saturated carbocycles. The average Bonchev–Trinajstić information content (AvgIpc) is 3.23. The molecule has 1 aromatic heterocycles. The lowest BCUT2D eigenvalue weighted by molar-refractivity contribution is -0.156. The minimum Gasteiger partial charge on any atom is -0.464 e. The van der Waals surface area contributed by atoms with Gasteiger partial charge in [-0.15, -0.1) is 10.2 Å². The molecule has 26 heavy (non-hydrogen) atoms. The number of aromatic nitrogens is 3. The van der Waals surface area contributed by atoms with Gasteiger partial charge in [-0.2, -0.15) is 0 Å². The van der Waals surface area contributed by atoms with Gasteiger partial charge in [0.1, 0.15) is 18.7 Å². The quantitative estimate of drug-likeness (QED) is 0.787. The molecule has 0 unspecified atom stereocenters. The fourth-order valence-electron chi connectivity index (χ4n) is 4.23. The number of carbonyl (C=O) groups is 2. The molecule has 7 heteroatoms. The number of fused-ring (bicyclic) bond motifs is 3. The Morgan fingerprint density at radius 1 is 1.08 bits per heavy atom. The molecule has 0 spiro atoms. The van der Waals surface area contributed by atoms with Crippen molar-refractivity contribution in [3.05, 3.63) is 42.5 Å². The summed E-state index contributed by atoms with van der Waals surface area (Å²) < 4.78 is 7.04. The standard InChI is InChI=1S/C19H22N4O3/c1-2-26-19(25)17-13-3-9-16(10-4-13)23(17)18(24)14-5-7-15(8-6-14)22-11-20-21-12-22/h5-8,11-13,16-17H,2-4,9-10H2,1H3/t13?,16?,17-/m0/s1. The van der Waals surface area contributed by atoms with E-state index < -0.39 is 6.04 Å². The minimum atomic E-state index is -0.451. The van der Waals surface area contributed by atoms with Crippen molar-refractivity contribution in [3.63, 3.8) is 0 Å². The fraction of sp³-hybridized carbons (Fsp3) is 0.474. The van der Waals surface area contributed by atoms with E-state index in [4.69, 9.17) is 4.74 Å². The molecular formula is C19H22N4O3. The molecule has 2 bridgehead atoms. The molecule has 2 aromatic rings. The summed E-state index contributed by atoms with van der Waals surface area (Å²) in [6, 6.07) is 6.98. The highest BCUT2D eigenvalue weighted by Gasteiger charge is 2.48. The summed E-state index contributed by atoms with van der Waals surface area (Å²) >= 11 is 0. The van der Waals surface area contributed by atoms with Crippen LogP contribution in [0.2, 0.25) is 0 Å². The van der Waals surface area contributed by atoms with Gasteiger partial charge in [-0.25, -0.2) is 4.79 Å². The van der Waals surface area contributed by atoms with Gasteiger partial charge in [-0.3, -0.25) is 9.36 Å². The van der Waals surface area contributed by atoms with Gasteiger partial charge in [-0.05, 0) is 62.8 Å². The maximum absolute atomic E-state index is 13.2. The van der Waals surface area contributed by atoms with Crippen molar-refractivity contribution in [2.45, 2.75) is 44.7 Å². The second kappa shape index (κ2) is 6.90. The molecule has 1 atom stereocenters. The smallest absolute Gasteiger partial charge is 0.329 e. The Balaban J connectivity index is 1.60. The normalized spacial score (nSPS) is 24.5. The van der Waals surface area contributed by atoms with Gasteiger partial charge >= 0.3 is 5.97 Å². The van der Waals surface area contributed by atoms with Crippen LogP contribution in [0, 0.1) is 5.92 Å². The van der Waals surface area contributed by atoms with E-state index in [1.807, 2.05) is 12.1 Å². The summed E-state index contributed by atoms with van der Waals surface area (Å²) in [4.78, 5) is 27.5. The van der Waals surface area contributed by atoms with E-state index in [1.165, 1.54) is 0 Å². The number of amides is 1. The first kappa shape index (κ1) is 16.8.